The van der Waals surface area contributed by atoms with Gasteiger partial charge in [-0.25, -0.2) is 9.78 Å². The number of rotatable bonds is 6. The van der Waals surface area contributed by atoms with Crippen LogP contribution in [0.5, 0.6) is 5.88 Å². The molecule has 0 aromatic carbocycles. The quantitative estimate of drug-likeness (QED) is 0.471. The van der Waals surface area contributed by atoms with Crippen molar-refractivity contribution in [3.63, 3.8) is 0 Å². The van der Waals surface area contributed by atoms with Crippen LogP contribution in [0.1, 0.15) is 24.2 Å². The molecular formula is C14H15N3O4. The molecule has 0 radical (unpaired) electrons. The second-order valence-electron chi connectivity index (χ2n) is 3.96. The van der Waals surface area contributed by atoms with Gasteiger partial charge in [0.25, 0.3) is 0 Å². The zero-order chi connectivity index (χ0) is 15.8. The van der Waals surface area contributed by atoms with Crippen molar-refractivity contribution in [3.8, 4) is 11.9 Å². The minimum Gasteiger partial charge on any atom is -0.477 e. The Labute approximate surface area is 122 Å². The monoisotopic (exact) mass is 289 g/mol. The molecule has 0 aliphatic carbocycles. The first kappa shape index (κ1) is 16.2. The Hall–Kier alpha value is -2.88. The van der Waals surface area contributed by atoms with Gasteiger partial charge in [-0.15, -0.1) is 0 Å². The second kappa shape index (κ2) is 7.65. The smallest absolute Gasteiger partial charge is 0.344 e. The van der Waals surface area contributed by atoms with Crippen LogP contribution in [0.4, 0.5) is 0 Å². The van der Waals surface area contributed by atoms with Crippen molar-refractivity contribution in [1.29, 1.82) is 5.26 Å². The van der Waals surface area contributed by atoms with Gasteiger partial charge >= 0.3 is 5.97 Å². The molecule has 0 fully saturated rings. The number of hydrogen-bond acceptors (Lipinski definition) is 7. The number of carbonyl (C=O) groups excluding carboxylic acids is 2. The number of nitrogens with zero attached hydrogens (tertiary/aromatic N) is 2. The summed E-state index contributed by atoms with van der Waals surface area (Å²) in [4.78, 5) is 27.5. The minimum atomic E-state index is -0.758. The van der Waals surface area contributed by atoms with Crippen LogP contribution in [0.25, 0.3) is 0 Å². The molecule has 0 aliphatic heterocycles. The number of nitriles is 1. The molecule has 7 nitrogen and oxygen atoms in total. The number of aromatic nitrogens is 1. The van der Waals surface area contributed by atoms with E-state index in [1.807, 2.05) is 0 Å². The van der Waals surface area contributed by atoms with Crippen LogP contribution in [0.2, 0.25) is 0 Å². The summed E-state index contributed by atoms with van der Waals surface area (Å²) < 4.78 is 10.1. The van der Waals surface area contributed by atoms with E-state index in [9.17, 15) is 9.59 Å². The van der Waals surface area contributed by atoms with E-state index in [-0.39, 0.29) is 22.7 Å². The molecule has 110 valence electrons. The van der Waals surface area contributed by atoms with Crippen molar-refractivity contribution in [2.24, 2.45) is 5.73 Å². The molecule has 0 spiro atoms. The normalized spacial score (nSPS) is 11.1. The fourth-order valence-corrected chi connectivity index (χ4v) is 1.45. The highest BCUT2D eigenvalue weighted by Crippen LogP contribution is 2.15. The lowest BCUT2D eigenvalue weighted by atomic mass is 10.1. The Bertz CT molecular complexity index is 613. The van der Waals surface area contributed by atoms with Gasteiger partial charge in [-0.2, -0.15) is 5.26 Å². The topological polar surface area (TPSA) is 115 Å². The van der Waals surface area contributed by atoms with Crippen molar-refractivity contribution < 1.29 is 19.1 Å². The standard InChI is InChI=1S/C14H15N3O4/c1-3-20-13-10(5-4-6-17-13)14(19)21-8-12(18)11(7-15)9(2)16/h4-6H,3,8,16H2,1-2H3/b11-9+. The van der Waals surface area contributed by atoms with Crippen LogP contribution in [0.3, 0.4) is 0 Å². The lowest BCUT2D eigenvalue weighted by Gasteiger charge is -2.08. The summed E-state index contributed by atoms with van der Waals surface area (Å²) in [6.45, 7) is 2.94. The lowest BCUT2D eigenvalue weighted by molar-refractivity contribution is -0.118. The molecule has 0 saturated heterocycles. The molecule has 0 unspecified atom stereocenters. The molecular weight excluding hydrogens is 274 g/mol. The molecule has 0 bridgehead atoms. The fourth-order valence-electron chi connectivity index (χ4n) is 1.45. The summed E-state index contributed by atoms with van der Waals surface area (Å²) in [5.41, 5.74) is 5.36. The summed E-state index contributed by atoms with van der Waals surface area (Å²) in [5.74, 6) is -1.29. The zero-order valence-electron chi connectivity index (χ0n) is 11.8. The second-order valence-corrected chi connectivity index (χ2v) is 3.96. The number of allylic oxidation sites excluding steroid dienone is 1. The van der Waals surface area contributed by atoms with Crippen LogP contribution in [0, 0.1) is 11.3 Å². The first-order valence-electron chi connectivity index (χ1n) is 6.15. The minimum absolute atomic E-state index is 0.0786. The lowest BCUT2D eigenvalue weighted by Crippen LogP contribution is -2.18. The number of ether oxygens (including phenoxy) is 2. The van der Waals surface area contributed by atoms with Crippen molar-refractivity contribution in [2.75, 3.05) is 13.2 Å². The van der Waals surface area contributed by atoms with Gasteiger partial charge in [-0.3, -0.25) is 4.79 Å². The molecule has 2 N–H and O–H groups in total. The third-order valence-electron chi connectivity index (χ3n) is 2.39. The summed E-state index contributed by atoms with van der Waals surface area (Å²) in [5, 5.41) is 8.78. The highest BCUT2D eigenvalue weighted by atomic mass is 16.5. The van der Waals surface area contributed by atoms with E-state index in [4.69, 9.17) is 20.5 Å². The van der Waals surface area contributed by atoms with Crippen LogP contribution in [-0.4, -0.2) is 30.0 Å². The van der Waals surface area contributed by atoms with E-state index in [0.717, 1.165) is 0 Å². The zero-order valence-corrected chi connectivity index (χ0v) is 11.8. The molecule has 0 atom stereocenters. The van der Waals surface area contributed by atoms with E-state index in [2.05, 4.69) is 4.98 Å². The molecule has 1 heterocycles. The SMILES string of the molecule is CCOc1ncccc1C(=O)OCC(=O)/C(C#N)=C(\C)N. The third-order valence-corrected chi connectivity index (χ3v) is 2.39. The Balaban J connectivity index is 2.78. The first-order valence-corrected chi connectivity index (χ1v) is 6.15. The molecule has 7 heteroatoms. The molecule has 1 aromatic rings. The van der Waals surface area contributed by atoms with Gasteiger partial charge in [0, 0.05) is 11.9 Å². The average Bonchev–Trinajstić information content (AvgIpc) is 2.46. The van der Waals surface area contributed by atoms with E-state index in [0.29, 0.717) is 6.61 Å². The maximum absolute atomic E-state index is 11.9. The van der Waals surface area contributed by atoms with Crippen LogP contribution < -0.4 is 10.5 Å². The number of carbonyl (C=O) groups is 2. The fraction of sp³-hybridized carbons (Fsp3) is 0.286. The first-order chi connectivity index (χ1) is 10.0. The largest absolute Gasteiger partial charge is 0.477 e. The van der Waals surface area contributed by atoms with Gasteiger partial charge in [-0.05, 0) is 26.0 Å². The van der Waals surface area contributed by atoms with E-state index >= 15 is 0 Å². The van der Waals surface area contributed by atoms with Crippen molar-refractivity contribution >= 4 is 11.8 Å². The third kappa shape index (κ3) is 4.31. The van der Waals surface area contributed by atoms with Crippen LogP contribution >= 0.6 is 0 Å². The molecule has 21 heavy (non-hydrogen) atoms. The molecule has 0 amide bonds. The number of Topliss-reactive ketones (excluding diaryl/α,β-unsaturated/α-hetero) is 1. The Morgan fingerprint density at radius 2 is 2.19 bits per heavy atom. The Morgan fingerprint density at radius 3 is 2.76 bits per heavy atom. The Kier molecular flexibility index (Phi) is 5.89. The summed E-state index contributed by atoms with van der Waals surface area (Å²) in [6, 6.07) is 4.69. The average molecular weight is 289 g/mol. The van der Waals surface area contributed by atoms with Crippen molar-refractivity contribution in [1.82, 2.24) is 4.98 Å². The number of esters is 1. The van der Waals surface area contributed by atoms with Gasteiger partial charge in [0.05, 0.1) is 6.61 Å². The summed E-state index contributed by atoms with van der Waals surface area (Å²) in [7, 11) is 0. The summed E-state index contributed by atoms with van der Waals surface area (Å²) in [6.07, 6.45) is 1.47. The van der Waals surface area contributed by atoms with Crippen molar-refractivity contribution in [2.45, 2.75) is 13.8 Å². The number of ketones is 1. The van der Waals surface area contributed by atoms with Crippen molar-refractivity contribution in [3.05, 3.63) is 35.2 Å². The molecule has 1 aromatic heterocycles. The van der Waals surface area contributed by atoms with Gasteiger partial charge in [0.1, 0.15) is 17.2 Å². The molecule has 1 rings (SSSR count). The molecule has 0 aliphatic rings. The highest BCUT2D eigenvalue weighted by molar-refractivity contribution is 6.02. The van der Waals surface area contributed by atoms with Gasteiger partial charge < -0.3 is 15.2 Å². The van der Waals surface area contributed by atoms with E-state index in [1.165, 1.54) is 19.2 Å². The predicted molar refractivity (Wildman–Crippen MR) is 73.2 cm³/mol. The van der Waals surface area contributed by atoms with Gasteiger partial charge in [-0.1, -0.05) is 0 Å². The van der Waals surface area contributed by atoms with Gasteiger partial charge in [0.2, 0.25) is 11.7 Å². The van der Waals surface area contributed by atoms with Crippen LogP contribution in [-0.2, 0) is 9.53 Å². The predicted octanol–water partition coefficient (Wildman–Crippen LogP) is 0.962. The summed E-state index contributed by atoms with van der Waals surface area (Å²) >= 11 is 0. The Morgan fingerprint density at radius 1 is 1.48 bits per heavy atom. The molecule has 0 saturated carbocycles. The highest BCUT2D eigenvalue weighted by Gasteiger charge is 2.18. The van der Waals surface area contributed by atoms with E-state index in [1.54, 1.807) is 19.1 Å². The number of nitrogens with two attached hydrogens (primary N) is 1. The maximum atomic E-state index is 11.9. The van der Waals surface area contributed by atoms with E-state index < -0.39 is 18.4 Å². The van der Waals surface area contributed by atoms with Crippen LogP contribution in [0.15, 0.2) is 29.6 Å². The number of pyridine rings is 1. The maximum Gasteiger partial charge on any atom is 0.344 e. The van der Waals surface area contributed by atoms with Gasteiger partial charge in [0.15, 0.2) is 6.61 Å². The number of hydrogen-bond donors (Lipinski definition) is 1.